The lowest BCUT2D eigenvalue weighted by Crippen LogP contribution is -2.57. The van der Waals surface area contributed by atoms with Crippen LogP contribution in [-0.2, 0) is 9.47 Å². The zero-order valence-corrected chi connectivity index (χ0v) is 21.0. The molecule has 0 heterocycles. The van der Waals surface area contributed by atoms with Crippen molar-refractivity contribution in [2.24, 2.45) is 46.3 Å². The SMILES string of the molecule is CCOC[C@](C)(OCC)C1CCC2C3C[C@@H](CC)C4CCCC[C@]4(C)C3CC[C@@]21C. The molecule has 0 aliphatic heterocycles. The monoisotopic (exact) mass is 418 g/mol. The summed E-state index contributed by atoms with van der Waals surface area (Å²) in [5.74, 6) is 5.45. The zero-order valence-electron chi connectivity index (χ0n) is 21.0. The Hall–Kier alpha value is -0.0800. The van der Waals surface area contributed by atoms with Crippen molar-refractivity contribution in [2.75, 3.05) is 19.8 Å². The van der Waals surface area contributed by atoms with E-state index in [1.165, 1.54) is 64.2 Å². The molecule has 0 N–H and O–H groups in total. The molecule has 0 aromatic carbocycles. The first-order valence-electron chi connectivity index (χ1n) is 13.6. The molecule has 4 fully saturated rings. The molecule has 4 aliphatic carbocycles. The van der Waals surface area contributed by atoms with Gasteiger partial charge in [0.05, 0.1) is 12.2 Å². The summed E-state index contributed by atoms with van der Waals surface area (Å²) in [5, 5.41) is 0. The Bertz CT molecular complexity index is 589. The molecule has 4 rings (SSSR count). The van der Waals surface area contributed by atoms with Crippen LogP contribution in [0.2, 0.25) is 0 Å². The number of hydrogen-bond acceptors (Lipinski definition) is 2. The van der Waals surface area contributed by atoms with Crippen molar-refractivity contribution in [3.8, 4) is 0 Å². The van der Waals surface area contributed by atoms with E-state index in [0.29, 0.717) is 16.7 Å². The van der Waals surface area contributed by atoms with Gasteiger partial charge in [-0.25, -0.2) is 0 Å². The Morgan fingerprint density at radius 1 is 0.833 bits per heavy atom. The lowest BCUT2D eigenvalue weighted by molar-refractivity contribution is -0.174. The molecule has 30 heavy (non-hydrogen) atoms. The topological polar surface area (TPSA) is 18.5 Å². The highest BCUT2D eigenvalue weighted by Gasteiger charge is 2.63. The van der Waals surface area contributed by atoms with Crippen molar-refractivity contribution in [2.45, 2.75) is 111 Å². The molecule has 4 aliphatic rings. The van der Waals surface area contributed by atoms with Crippen molar-refractivity contribution in [3.63, 3.8) is 0 Å². The Kier molecular flexibility index (Phi) is 6.69. The highest BCUT2D eigenvalue weighted by molar-refractivity contribution is 5.12. The van der Waals surface area contributed by atoms with Gasteiger partial charge in [0, 0.05) is 13.2 Å². The summed E-state index contributed by atoms with van der Waals surface area (Å²) in [6.45, 7) is 16.9. The van der Waals surface area contributed by atoms with Crippen LogP contribution in [0.1, 0.15) is 106 Å². The van der Waals surface area contributed by atoms with Crippen LogP contribution in [0.4, 0.5) is 0 Å². The van der Waals surface area contributed by atoms with Crippen molar-refractivity contribution in [1.29, 1.82) is 0 Å². The number of fused-ring (bicyclic) bond motifs is 5. The van der Waals surface area contributed by atoms with E-state index >= 15 is 0 Å². The highest BCUT2D eigenvalue weighted by atomic mass is 16.5. The Morgan fingerprint density at radius 2 is 1.60 bits per heavy atom. The van der Waals surface area contributed by atoms with Crippen molar-refractivity contribution in [3.05, 3.63) is 0 Å². The van der Waals surface area contributed by atoms with Gasteiger partial charge in [-0.3, -0.25) is 0 Å². The van der Waals surface area contributed by atoms with E-state index in [9.17, 15) is 0 Å². The summed E-state index contributed by atoms with van der Waals surface area (Å²) in [6, 6.07) is 0. The Morgan fingerprint density at radius 3 is 2.30 bits per heavy atom. The second-order valence-electron chi connectivity index (χ2n) is 12.2. The van der Waals surface area contributed by atoms with E-state index in [-0.39, 0.29) is 5.60 Å². The van der Waals surface area contributed by atoms with E-state index in [0.717, 1.165) is 49.4 Å². The molecule has 0 spiro atoms. The molecule has 9 atom stereocenters. The van der Waals surface area contributed by atoms with Gasteiger partial charge in [0.1, 0.15) is 0 Å². The van der Waals surface area contributed by atoms with Crippen LogP contribution in [0, 0.1) is 46.3 Å². The quantitative estimate of drug-likeness (QED) is 0.426. The average Bonchev–Trinajstić information content (AvgIpc) is 3.09. The van der Waals surface area contributed by atoms with Crippen LogP contribution in [0.5, 0.6) is 0 Å². The van der Waals surface area contributed by atoms with E-state index in [1.54, 1.807) is 0 Å². The average molecular weight is 419 g/mol. The molecule has 0 amide bonds. The third-order valence-electron chi connectivity index (χ3n) is 11.1. The largest absolute Gasteiger partial charge is 0.379 e. The Labute approximate surface area is 187 Å². The van der Waals surface area contributed by atoms with Crippen LogP contribution in [0.3, 0.4) is 0 Å². The molecule has 0 aromatic rings. The minimum Gasteiger partial charge on any atom is -0.379 e. The van der Waals surface area contributed by atoms with Gasteiger partial charge in [-0.2, -0.15) is 0 Å². The number of ether oxygens (including phenoxy) is 2. The second kappa shape index (κ2) is 8.69. The van der Waals surface area contributed by atoms with Gasteiger partial charge in [-0.1, -0.05) is 40.0 Å². The third-order valence-corrected chi connectivity index (χ3v) is 11.1. The van der Waals surface area contributed by atoms with Crippen LogP contribution in [0.25, 0.3) is 0 Å². The van der Waals surface area contributed by atoms with E-state index in [1.807, 2.05) is 0 Å². The van der Waals surface area contributed by atoms with Gasteiger partial charge in [0.25, 0.3) is 0 Å². The first kappa shape index (κ1) is 23.1. The summed E-state index contributed by atoms with van der Waals surface area (Å²) in [6.07, 6.45) is 14.5. The summed E-state index contributed by atoms with van der Waals surface area (Å²) in [5.41, 5.74) is 0.922. The maximum atomic E-state index is 6.49. The number of rotatable bonds is 7. The van der Waals surface area contributed by atoms with Gasteiger partial charge in [0.15, 0.2) is 0 Å². The molecular weight excluding hydrogens is 368 g/mol. The van der Waals surface area contributed by atoms with Crippen LogP contribution >= 0.6 is 0 Å². The molecule has 0 saturated heterocycles. The van der Waals surface area contributed by atoms with E-state index in [4.69, 9.17) is 9.47 Å². The number of hydrogen-bond donors (Lipinski definition) is 0. The minimum atomic E-state index is -0.128. The molecule has 2 nitrogen and oxygen atoms in total. The highest BCUT2D eigenvalue weighted by Crippen LogP contribution is 2.69. The normalized spacial score (nSPS) is 47.8. The van der Waals surface area contributed by atoms with Gasteiger partial charge < -0.3 is 9.47 Å². The molecule has 174 valence electrons. The second-order valence-corrected chi connectivity index (χ2v) is 12.2. The summed E-state index contributed by atoms with van der Waals surface area (Å²) in [7, 11) is 0. The zero-order chi connectivity index (χ0) is 21.6. The molecule has 0 aromatic heterocycles. The lowest BCUT2D eigenvalue weighted by Gasteiger charge is -2.63. The standard InChI is InChI=1S/C28H50O2/c1-7-20-18-21-23-13-14-25(28(6,30-9-3)19-29-8-2)27(23,5)17-15-24(21)26(4)16-11-10-12-22(20)26/h20-25H,7-19H2,1-6H3/t20-,21?,22?,23?,24?,25?,26+,27+,28+/m1/s1. The minimum absolute atomic E-state index is 0.128. The van der Waals surface area contributed by atoms with Gasteiger partial charge in [0.2, 0.25) is 0 Å². The van der Waals surface area contributed by atoms with Crippen molar-refractivity contribution >= 4 is 0 Å². The Balaban J connectivity index is 1.62. The van der Waals surface area contributed by atoms with Gasteiger partial charge >= 0.3 is 0 Å². The molecule has 0 radical (unpaired) electrons. The van der Waals surface area contributed by atoms with E-state index < -0.39 is 0 Å². The summed E-state index contributed by atoms with van der Waals surface area (Å²) < 4.78 is 12.5. The first-order chi connectivity index (χ1) is 14.3. The fraction of sp³-hybridized carbons (Fsp3) is 1.00. The van der Waals surface area contributed by atoms with Gasteiger partial charge in [-0.05, 0) is 112 Å². The maximum absolute atomic E-state index is 6.49. The molecule has 4 saturated carbocycles. The smallest absolute Gasteiger partial charge is 0.0919 e. The molecule has 0 bridgehead atoms. The molecule has 2 heteroatoms. The van der Waals surface area contributed by atoms with Crippen molar-refractivity contribution in [1.82, 2.24) is 0 Å². The van der Waals surface area contributed by atoms with Crippen LogP contribution < -0.4 is 0 Å². The van der Waals surface area contributed by atoms with Crippen molar-refractivity contribution < 1.29 is 9.47 Å². The summed E-state index contributed by atoms with van der Waals surface area (Å²) in [4.78, 5) is 0. The fourth-order valence-electron chi connectivity index (χ4n) is 9.90. The van der Waals surface area contributed by atoms with Crippen LogP contribution in [-0.4, -0.2) is 25.4 Å². The maximum Gasteiger partial charge on any atom is 0.0919 e. The lowest BCUT2D eigenvalue weighted by atomic mass is 9.42. The third kappa shape index (κ3) is 3.51. The van der Waals surface area contributed by atoms with E-state index in [2.05, 4.69) is 41.5 Å². The molecular formula is C28H50O2. The fourth-order valence-corrected chi connectivity index (χ4v) is 9.90. The summed E-state index contributed by atoms with van der Waals surface area (Å²) >= 11 is 0. The predicted molar refractivity (Wildman–Crippen MR) is 126 cm³/mol. The van der Waals surface area contributed by atoms with Crippen LogP contribution in [0.15, 0.2) is 0 Å². The predicted octanol–water partition coefficient (Wildman–Crippen LogP) is 7.50. The molecule has 5 unspecified atom stereocenters. The van der Waals surface area contributed by atoms with Gasteiger partial charge in [-0.15, -0.1) is 0 Å². The first-order valence-corrected chi connectivity index (χ1v) is 13.6.